The second kappa shape index (κ2) is 7.14. The molecule has 0 aliphatic heterocycles. The maximum atomic E-state index is 6.17. The molecule has 0 bridgehead atoms. The van der Waals surface area contributed by atoms with Crippen LogP contribution in [0.4, 0.5) is 0 Å². The predicted molar refractivity (Wildman–Crippen MR) is 81.8 cm³/mol. The second-order valence-corrected chi connectivity index (χ2v) is 6.41. The third-order valence-electron chi connectivity index (χ3n) is 3.16. The van der Waals surface area contributed by atoms with Crippen LogP contribution in [-0.2, 0) is 11.2 Å². The molecule has 2 unspecified atom stereocenters. The molecule has 19 heavy (non-hydrogen) atoms. The summed E-state index contributed by atoms with van der Waals surface area (Å²) >= 11 is 3.40. The highest BCUT2D eigenvalue weighted by atomic mass is 32.1. The zero-order valence-electron chi connectivity index (χ0n) is 11.3. The van der Waals surface area contributed by atoms with Crippen molar-refractivity contribution in [3.8, 4) is 0 Å². The molecule has 104 valence electrons. The lowest BCUT2D eigenvalue weighted by atomic mass is 10.1. The summed E-state index contributed by atoms with van der Waals surface area (Å²) in [6.07, 6.45) is 1.84. The van der Waals surface area contributed by atoms with Gasteiger partial charge in [0.15, 0.2) is 0 Å². The average Bonchev–Trinajstić information content (AvgIpc) is 3.06. The van der Waals surface area contributed by atoms with Crippen LogP contribution in [0.1, 0.15) is 34.9 Å². The molecule has 0 radical (unpaired) electrons. The normalized spacial score (nSPS) is 14.5. The van der Waals surface area contributed by atoms with E-state index in [-0.39, 0.29) is 12.1 Å². The fraction of sp³-hybridized carbons (Fsp3) is 0.500. The Hall–Kier alpha value is -0.750. The van der Waals surface area contributed by atoms with Crippen molar-refractivity contribution in [1.29, 1.82) is 0 Å². The summed E-state index contributed by atoms with van der Waals surface area (Å²) in [7, 11) is 0. The lowest BCUT2D eigenvalue weighted by Crippen LogP contribution is -2.29. The van der Waals surface area contributed by atoms with E-state index in [0.29, 0.717) is 6.61 Å². The molecule has 2 rings (SSSR count). The van der Waals surface area contributed by atoms with E-state index in [0.717, 1.165) is 18.5 Å². The monoisotopic (exact) mass is 296 g/mol. The van der Waals surface area contributed by atoms with Crippen LogP contribution in [0.15, 0.2) is 23.0 Å². The highest BCUT2D eigenvalue weighted by Gasteiger charge is 2.20. The number of rotatable bonds is 7. The standard InChI is InChI=1S/C14H20N2OS2/c1-3-11(15)14(13-5-4-8-18-13)17-7-6-12-10(2)16-9-19-12/h4-5,8-9,11,14H,3,6-7,15H2,1-2H3. The van der Waals surface area contributed by atoms with Crippen LogP contribution in [0.3, 0.4) is 0 Å². The van der Waals surface area contributed by atoms with Gasteiger partial charge >= 0.3 is 0 Å². The molecule has 0 aliphatic rings. The van der Waals surface area contributed by atoms with Gasteiger partial charge in [0.2, 0.25) is 0 Å². The van der Waals surface area contributed by atoms with Gasteiger partial charge in [-0.05, 0) is 24.8 Å². The van der Waals surface area contributed by atoms with Crippen LogP contribution in [0.5, 0.6) is 0 Å². The second-order valence-electron chi connectivity index (χ2n) is 4.49. The zero-order chi connectivity index (χ0) is 13.7. The Bertz CT molecular complexity index is 481. The summed E-state index contributed by atoms with van der Waals surface area (Å²) in [6.45, 7) is 4.83. The molecule has 2 heterocycles. The number of ether oxygens (including phenoxy) is 1. The molecule has 0 fully saturated rings. The van der Waals surface area contributed by atoms with Crippen LogP contribution in [0.25, 0.3) is 0 Å². The van der Waals surface area contributed by atoms with Crippen LogP contribution in [0.2, 0.25) is 0 Å². The Morgan fingerprint density at radius 1 is 1.42 bits per heavy atom. The first-order valence-electron chi connectivity index (χ1n) is 6.52. The number of thiophene rings is 1. The van der Waals surface area contributed by atoms with E-state index in [9.17, 15) is 0 Å². The van der Waals surface area contributed by atoms with Crippen molar-refractivity contribution in [1.82, 2.24) is 4.98 Å². The van der Waals surface area contributed by atoms with E-state index in [2.05, 4.69) is 23.4 Å². The summed E-state index contributed by atoms with van der Waals surface area (Å²) in [4.78, 5) is 6.77. The Kier molecular flexibility index (Phi) is 5.51. The van der Waals surface area contributed by atoms with Crippen molar-refractivity contribution in [3.05, 3.63) is 38.5 Å². The number of hydrogen-bond donors (Lipinski definition) is 1. The number of nitrogens with two attached hydrogens (primary N) is 1. The Balaban J connectivity index is 1.92. The first-order valence-corrected chi connectivity index (χ1v) is 8.27. The van der Waals surface area contributed by atoms with Gasteiger partial charge in [-0.25, -0.2) is 4.98 Å². The van der Waals surface area contributed by atoms with Gasteiger partial charge in [-0.3, -0.25) is 0 Å². The molecule has 0 aliphatic carbocycles. The highest BCUT2D eigenvalue weighted by Crippen LogP contribution is 2.26. The summed E-state index contributed by atoms with van der Waals surface area (Å²) in [6, 6.07) is 4.20. The molecule has 5 heteroatoms. The zero-order valence-corrected chi connectivity index (χ0v) is 13.0. The van der Waals surface area contributed by atoms with Crippen molar-refractivity contribution in [3.63, 3.8) is 0 Å². The average molecular weight is 296 g/mol. The van der Waals surface area contributed by atoms with Gasteiger partial charge in [-0.2, -0.15) is 0 Å². The van der Waals surface area contributed by atoms with Crippen molar-refractivity contribution >= 4 is 22.7 Å². The fourth-order valence-corrected chi connectivity index (χ4v) is 3.54. The van der Waals surface area contributed by atoms with Crippen LogP contribution in [0, 0.1) is 6.92 Å². The van der Waals surface area contributed by atoms with Crippen LogP contribution in [-0.4, -0.2) is 17.6 Å². The molecule has 2 atom stereocenters. The van der Waals surface area contributed by atoms with Crippen molar-refractivity contribution in [2.24, 2.45) is 5.73 Å². The number of hydrogen-bond acceptors (Lipinski definition) is 5. The summed E-state index contributed by atoms with van der Waals surface area (Å²) in [5, 5.41) is 2.07. The number of nitrogens with zero attached hydrogens (tertiary/aromatic N) is 1. The van der Waals surface area contributed by atoms with Gasteiger partial charge in [0.1, 0.15) is 6.10 Å². The third-order valence-corrected chi connectivity index (χ3v) is 5.08. The molecule has 0 amide bonds. The summed E-state index contributed by atoms with van der Waals surface area (Å²) in [5.41, 5.74) is 9.17. The summed E-state index contributed by atoms with van der Waals surface area (Å²) < 4.78 is 6.03. The molecule has 2 N–H and O–H groups in total. The first-order chi connectivity index (χ1) is 9.22. The fourth-order valence-electron chi connectivity index (χ4n) is 1.93. The minimum Gasteiger partial charge on any atom is -0.371 e. The largest absolute Gasteiger partial charge is 0.371 e. The minimum atomic E-state index is 0.0122. The first kappa shape index (κ1) is 14.7. The Morgan fingerprint density at radius 2 is 2.26 bits per heavy atom. The molecular weight excluding hydrogens is 276 g/mol. The molecular formula is C14H20N2OS2. The van der Waals surface area contributed by atoms with E-state index in [1.54, 1.807) is 22.7 Å². The predicted octanol–water partition coefficient (Wildman–Crippen LogP) is 3.55. The molecule has 0 saturated carbocycles. The van der Waals surface area contributed by atoms with E-state index >= 15 is 0 Å². The molecule has 0 saturated heterocycles. The van der Waals surface area contributed by atoms with Crippen molar-refractivity contribution in [2.75, 3.05) is 6.61 Å². The van der Waals surface area contributed by atoms with Gasteiger partial charge in [0.25, 0.3) is 0 Å². The Labute approximate surface area is 122 Å². The maximum absolute atomic E-state index is 6.17. The molecule has 2 aromatic heterocycles. The highest BCUT2D eigenvalue weighted by molar-refractivity contribution is 7.10. The molecule has 0 spiro atoms. The van der Waals surface area contributed by atoms with Crippen LogP contribution < -0.4 is 5.73 Å². The van der Waals surface area contributed by atoms with E-state index in [1.807, 2.05) is 18.5 Å². The summed E-state index contributed by atoms with van der Waals surface area (Å²) in [5.74, 6) is 0. The van der Waals surface area contributed by atoms with Gasteiger partial charge in [-0.1, -0.05) is 13.0 Å². The van der Waals surface area contributed by atoms with Crippen LogP contribution >= 0.6 is 22.7 Å². The van der Waals surface area contributed by atoms with Gasteiger partial charge in [-0.15, -0.1) is 22.7 Å². The lowest BCUT2D eigenvalue weighted by Gasteiger charge is -2.22. The quantitative estimate of drug-likeness (QED) is 0.850. The minimum absolute atomic E-state index is 0.0122. The van der Waals surface area contributed by atoms with E-state index in [4.69, 9.17) is 10.5 Å². The van der Waals surface area contributed by atoms with E-state index in [1.165, 1.54) is 9.75 Å². The smallest absolute Gasteiger partial charge is 0.107 e. The molecule has 3 nitrogen and oxygen atoms in total. The molecule has 0 aromatic carbocycles. The number of aryl methyl sites for hydroxylation is 1. The van der Waals surface area contributed by atoms with Crippen molar-refractivity contribution in [2.45, 2.75) is 38.8 Å². The van der Waals surface area contributed by atoms with E-state index < -0.39 is 0 Å². The number of thiazole rings is 1. The van der Waals surface area contributed by atoms with Crippen molar-refractivity contribution < 1.29 is 4.74 Å². The van der Waals surface area contributed by atoms with Gasteiger partial charge in [0, 0.05) is 22.2 Å². The third kappa shape index (κ3) is 3.86. The SMILES string of the molecule is CCC(N)C(OCCc1scnc1C)c1cccs1. The van der Waals surface area contributed by atoms with Gasteiger partial charge in [0.05, 0.1) is 17.8 Å². The lowest BCUT2D eigenvalue weighted by molar-refractivity contribution is 0.0381. The maximum Gasteiger partial charge on any atom is 0.107 e. The molecule has 2 aromatic rings. The van der Waals surface area contributed by atoms with Gasteiger partial charge < -0.3 is 10.5 Å². The number of aromatic nitrogens is 1. The Morgan fingerprint density at radius 3 is 2.84 bits per heavy atom. The topological polar surface area (TPSA) is 48.1 Å².